The second-order valence-corrected chi connectivity index (χ2v) is 6.39. The van der Waals surface area contributed by atoms with Crippen LogP contribution in [0.2, 0.25) is 0 Å². The fourth-order valence-corrected chi connectivity index (χ4v) is 3.00. The summed E-state index contributed by atoms with van der Waals surface area (Å²) in [6, 6.07) is 13.0. The van der Waals surface area contributed by atoms with Crippen LogP contribution < -0.4 is 5.32 Å². The van der Waals surface area contributed by atoms with Crippen molar-refractivity contribution in [2.45, 2.75) is 13.1 Å². The van der Waals surface area contributed by atoms with Gasteiger partial charge in [-0.25, -0.2) is 0 Å². The number of anilines is 1. The number of carbonyl (C=O) groups is 2. The zero-order valence-electron chi connectivity index (χ0n) is 12.4. The van der Waals surface area contributed by atoms with Crippen molar-refractivity contribution in [1.29, 1.82) is 0 Å². The van der Waals surface area contributed by atoms with E-state index in [0.29, 0.717) is 11.3 Å². The summed E-state index contributed by atoms with van der Waals surface area (Å²) < 4.78 is 0.774. The molecule has 0 saturated carbocycles. The first-order valence-corrected chi connectivity index (χ1v) is 7.90. The smallest absolute Gasteiger partial charge is 0.323 e. The summed E-state index contributed by atoms with van der Waals surface area (Å²) in [7, 11) is 0. The van der Waals surface area contributed by atoms with E-state index in [-0.39, 0.29) is 12.5 Å². The maximum Gasteiger partial charge on any atom is 0.323 e. The number of nitrogens with one attached hydrogen (secondary N) is 1. The maximum atomic E-state index is 12.8. The highest BCUT2D eigenvalue weighted by Gasteiger charge is 2.34. The summed E-state index contributed by atoms with van der Waals surface area (Å²) >= 11 is 3.34. The molecule has 1 atom stereocenters. The molecule has 2 aromatic carbocycles. The van der Waals surface area contributed by atoms with E-state index in [2.05, 4.69) is 21.2 Å². The monoisotopic (exact) mass is 374 g/mol. The maximum absolute atomic E-state index is 12.8. The molecule has 0 aliphatic carbocycles. The minimum absolute atomic E-state index is 0.298. The summed E-state index contributed by atoms with van der Waals surface area (Å²) in [6.07, 6.45) is -0.507. The number of rotatable bonds is 3. The molecule has 118 valence electrons. The Bertz CT molecular complexity index is 774. The van der Waals surface area contributed by atoms with Gasteiger partial charge in [-0.15, -0.1) is 0 Å². The highest BCUT2D eigenvalue weighted by Crippen LogP contribution is 2.34. The number of hydrogen-bond donors (Lipinski definition) is 2. The van der Waals surface area contributed by atoms with Crippen LogP contribution in [0, 0.1) is 6.92 Å². The zero-order valence-corrected chi connectivity index (χ0v) is 14.0. The van der Waals surface area contributed by atoms with Gasteiger partial charge in [0.1, 0.15) is 12.7 Å². The lowest BCUT2D eigenvalue weighted by atomic mass is 10.0. The lowest BCUT2D eigenvalue weighted by Gasteiger charge is -2.37. The third-order valence-electron chi connectivity index (χ3n) is 3.78. The van der Waals surface area contributed by atoms with Crippen LogP contribution in [0.1, 0.15) is 27.7 Å². The summed E-state index contributed by atoms with van der Waals surface area (Å²) in [4.78, 5) is 25.3. The van der Waals surface area contributed by atoms with Gasteiger partial charge in [0.05, 0.1) is 5.56 Å². The van der Waals surface area contributed by atoms with E-state index < -0.39 is 12.1 Å². The zero-order chi connectivity index (χ0) is 16.6. The summed E-state index contributed by atoms with van der Waals surface area (Å²) in [6.45, 7) is 1.61. The van der Waals surface area contributed by atoms with Crippen molar-refractivity contribution in [1.82, 2.24) is 4.90 Å². The largest absolute Gasteiger partial charge is 0.480 e. The number of carboxylic acids is 1. The molecule has 1 aliphatic rings. The lowest BCUT2D eigenvalue weighted by Crippen LogP contribution is -2.45. The van der Waals surface area contributed by atoms with Gasteiger partial charge in [0.2, 0.25) is 0 Å². The number of aliphatic carboxylic acids is 1. The Hall–Kier alpha value is -2.34. The van der Waals surface area contributed by atoms with Crippen molar-refractivity contribution >= 4 is 33.5 Å². The first kappa shape index (κ1) is 15.6. The van der Waals surface area contributed by atoms with Gasteiger partial charge in [0.15, 0.2) is 0 Å². The second kappa shape index (κ2) is 6.04. The minimum atomic E-state index is -1.05. The Balaban J connectivity index is 2.06. The van der Waals surface area contributed by atoms with Gasteiger partial charge in [-0.1, -0.05) is 45.8 Å². The molecule has 23 heavy (non-hydrogen) atoms. The van der Waals surface area contributed by atoms with Gasteiger partial charge < -0.3 is 15.3 Å². The van der Waals surface area contributed by atoms with E-state index in [1.54, 1.807) is 6.07 Å². The van der Waals surface area contributed by atoms with E-state index >= 15 is 0 Å². The molecule has 1 heterocycles. The third-order valence-corrected chi connectivity index (χ3v) is 4.27. The number of halogens is 1. The normalized spacial score (nSPS) is 16.7. The molecule has 0 fully saturated rings. The summed E-state index contributed by atoms with van der Waals surface area (Å²) in [5.41, 5.74) is 3.11. The average molecular weight is 375 g/mol. The van der Waals surface area contributed by atoms with Crippen LogP contribution in [0.5, 0.6) is 0 Å². The highest BCUT2D eigenvalue weighted by molar-refractivity contribution is 9.10. The van der Waals surface area contributed by atoms with Crippen LogP contribution in [0.15, 0.2) is 46.9 Å². The topological polar surface area (TPSA) is 69.6 Å². The van der Waals surface area contributed by atoms with E-state index in [0.717, 1.165) is 15.6 Å². The Kier molecular flexibility index (Phi) is 4.09. The standard InChI is InChI=1S/C17H15BrN2O3/c1-10-2-4-11(5-3-10)16-19-14-7-6-12(18)8-13(14)17(23)20(16)9-15(21)22/h2-8,16,19H,9H2,1H3,(H,21,22). The fraction of sp³-hybridized carbons (Fsp3) is 0.176. The second-order valence-electron chi connectivity index (χ2n) is 5.47. The Morgan fingerprint density at radius 3 is 2.61 bits per heavy atom. The van der Waals surface area contributed by atoms with Gasteiger partial charge in [-0.3, -0.25) is 9.59 Å². The van der Waals surface area contributed by atoms with Crippen molar-refractivity contribution < 1.29 is 14.7 Å². The predicted octanol–water partition coefficient (Wildman–Crippen LogP) is 3.41. The van der Waals surface area contributed by atoms with Crippen molar-refractivity contribution in [3.63, 3.8) is 0 Å². The number of hydrogen-bond acceptors (Lipinski definition) is 3. The van der Waals surface area contributed by atoms with Gasteiger partial charge in [-0.05, 0) is 30.7 Å². The van der Waals surface area contributed by atoms with Crippen molar-refractivity contribution in [3.8, 4) is 0 Å². The van der Waals surface area contributed by atoms with Gasteiger partial charge in [0.25, 0.3) is 5.91 Å². The molecule has 6 heteroatoms. The average Bonchev–Trinajstić information content (AvgIpc) is 2.51. The number of benzene rings is 2. The van der Waals surface area contributed by atoms with Crippen molar-refractivity contribution in [2.75, 3.05) is 11.9 Å². The molecule has 0 bridgehead atoms. The van der Waals surface area contributed by atoms with Gasteiger partial charge in [-0.2, -0.15) is 0 Å². The molecule has 0 saturated heterocycles. The number of carboxylic acid groups (broad SMARTS) is 1. The van der Waals surface area contributed by atoms with Crippen LogP contribution in [-0.2, 0) is 4.79 Å². The van der Waals surface area contributed by atoms with Crippen molar-refractivity contribution in [2.24, 2.45) is 0 Å². The number of carbonyl (C=O) groups excluding carboxylic acids is 1. The molecule has 2 aromatic rings. The van der Waals surface area contributed by atoms with Crippen LogP contribution >= 0.6 is 15.9 Å². The van der Waals surface area contributed by atoms with E-state index in [1.807, 2.05) is 43.3 Å². The third kappa shape index (κ3) is 3.07. The van der Waals surface area contributed by atoms with Crippen LogP contribution in [-0.4, -0.2) is 28.4 Å². The quantitative estimate of drug-likeness (QED) is 0.863. The SMILES string of the molecule is Cc1ccc(C2Nc3ccc(Br)cc3C(=O)N2CC(=O)O)cc1. The summed E-state index contributed by atoms with van der Waals surface area (Å²) in [5.74, 6) is -1.34. The Morgan fingerprint density at radius 1 is 1.26 bits per heavy atom. The molecule has 1 amide bonds. The predicted molar refractivity (Wildman–Crippen MR) is 90.4 cm³/mol. The number of fused-ring (bicyclic) bond motifs is 1. The summed E-state index contributed by atoms with van der Waals surface area (Å²) in [5, 5.41) is 12.4. The van der Waals surface area contributed by atoms with E-state index in [1.165, 1.54) is 4.90 Å². The molecule has 1 aliphatic heterocycles. The fourth-order valence-electron chi connectivity index (χ4n) is 2.64. The van der Waals surface area contributed by atoms with Crippen LogP contribution in [0.3, 0.4) is 0 Å². The molecule has 2 N–H and O–H groups in total. The Morgan fingerprint density at radius 2 is 1.96 bits per heavy atom. The molecule has 5 nitrogen and oxygen atoms in total. The number of aryl methyl sites for hydroxylation is 1. The van der Waals surface area contributed by atoms with Crippen molar-refractivity contribution in [3.05, 3.63) is 63.6 Å². The number of amides is 1. The highest BCUT2D eigenvalue weighted by atomic mass is 79.9. The molecule has 3 rings (SSSR count). The molecule has 0 spiro atoms. The van der Waals surface area contributed by atoms with Crippen LogP contribution in [0.25, 0.3) is 0 Å². The molecule has 0 radical (unpaired) electrons. The molecular weight excluding hydrogens is 360 g/mol. The first-order chi connectivity index (χ1) is 11.0. The first-order valence-electron chi connectivity index (χ1n) is 7.11. The van der Waals surface area contributed by atoms with E-state index in [9.17, 15) is 9.59 Å². The molecular formula is C17H15BrN2O3. The van der Waals surface area contributed by atoms with Gasteiger partial charge >= 0.3 is 5.97 Å². The molecule has 1 unspecified atom stereocenters. The van der Waals surface area contributed by atoms with E-state index in [4.69, 9.17) is 5.11 Å². The number of nitrogens with zero attached hydrogens (tertiary/aromatic N) is 1. The Labute approximate surface area is 142 Å². The minimum Gasteiger partial charge on any atom is -0.480 e. The van der Waals surface area contributed by atoms with Gasteiger partial charge in [0, 0.05) is 10.2 Å². The molecule has 0 aromatic heterocycles. The lowest BCUT2D eigenvalue weighted by molar-refractivity contribution is -0.138. The van der Waals surface area contributed by atoms with Crippen LogP contribution in [0.4, 0.5) is 5.69 Å².